The number of amides is 1. The monoisotopic (exact) mass is 303 g/mol. The van der Waals surface area contributed by atoms with Crippen LogP contribution in [0.2, 0.25) is 0 Å². The number of anilines is 1. The molecule has 2 aromatic heterocycles. The molecule has 7 nitrogen and oxygen atoms in total. The predicted molar refractivity (Wildman–Crippen MR) is 81.6 cm³/mol. The Morgan fingerprint density at radius 3 is 3.05 bits per heavy atom. The number of aryl methyl sites for hydroxylation is 2. The van der Waals surface area contributed by atoms with Crippen LogP contribution >= 0.6 is 0 Å². The maximum Gasteiger partial charge on any atom is 0.240 e. The molecule has 0 spiro atoms. The minimum Gasteiger partial charge on any atom is -0.338 e. The first-order chi connectivity index (χ1) is 10.6. The summed E-state index contributed by atoms with van der Waals surface area (Å²) in [4.78, 5) is 14.2. The van der Waals surface area contributed by atoms with Crippen LogP contribution in [0.1, 0.15) is 35.8 Å². The fraction of sp³-hybridized carbons (Fsp3) is 0.533. The lowest BCUT2D eigenvalue weighted by Crippen LogP contribution is -2.39. The Labute approximate surface area is 129 Å². The molecule has 3 rings (SSSR count). The van der Waals surface area contributed by atoms with Gasteiger partial charge in [0.05, 0.1) is 17.9 Å². The summed E-state index contributed by atoms with van der Waals surface area (Å²) in [6.07, 6.45) is 2.19. The Kier molecular flexibility index (Phi) is 4.24. The van der Waals surface area contributed by atoms with Crippen LogP contribution in [0.25, 0.3) is 0 Å². The first-order valence-corrected chi connectivity index (χ1v) is 7.57. The molecule has 0 aromatic carbocycles. The predicted octanol–water partition coefficient (Wildman–Crippen LogP) is 1.83. The number of nitrogens with one attached hydrogen (secondary N) is 2. The second-order valence-electron chi connectivity index (χ2n) is 5.93. The molecular formula is C15H21N5O2. The average molecular weight is 303 g/mol. The number of nitrogens with zero attached hydrogens (tertiary/aromatic N) is 3. The molecule has 1 aliphatic heterocycles. The number of carbonyl (C=O) groups is 1. The van der Waals surface area contributed by atoms with Gasteiger partial charge in [0, 0.05) is 24.2 Å². The highest BCUT2D eigenvalue weighted by Gasteiger charge is 2.24. The summed E-state index contributed by atoms with van der Waals surface area (Å²) in [7, 11) is 0. The molecule has 0 radical (unpaired) electrons. The standard InChI is InChI=1S/C15H21N5O2/c1-10-6-13(18-17-10)12-4-3-5-20(8-12)9-14(21)16-15-7-11(2)19-22-15/h6-7,12H,3-5,8-9H2,1-2H3,(H,16,21)(H,17,18)/t12-/m1/s1. The van der Waals surface area contributed by atoms with Gasteiger partial charge in [-0.1, -0.05) is 5.16 Å². The van der Waals surface area contributed by atoms with E-state index in [-0.39, 0.29) is 5.91 Å². The fourth-order valence-electron chi connectivity index (χ4n) is 2.89. The van der Waals surface area contributed by atoms with Crippen LogP contribution in [0.4, 0.5) is 5.88 Å². The number of piperidine rings is 1. The van der Waals surface area contributed by atoms with Crippen LogP contribution in [0.15, 0.2) is 16.7 Å². The highest BCUT2D eigenvalue weighted by molar-refractivity contribution is 5.90. The van der Waals surface area contributed by atoms with Crippen LogP contribution in [0.5, 0.6) is 0 Å². The number of carbonyl (C=O) groups excluding carboxylic acids is 1. The van der Waals surface area contributed by atoms with E-state index in [0.29, 0.717) is 18.3 Å². The second-order valence-corrected chi connectivity index (χ2v) is 5.93. The van der Waals surface area contributed by atoms with Crippen LogP contribution in [-0.4, -0.2) is 45.8 Å². The van der Waals surface area contributed by atoms with Gasteiger partial charge in [-0.25, -0.2) is 0 Å². The fourth-order valence-corrected chi connectivity index (χ4v) is 2.89. The Morgan fingerprint density at radius 1 is 1.50 bits per heavy atom. The summed E-state index contributed by atoms with van der Waals surface area (Å²) < 4.78 is 5.00. The molecular weight excluding hydrogens is 282 g/mol. The summed E-state index contributed by atoms with van der Waals surface area (Å²) in [5.74, 6) is 0.716. The molecule has 7 heteroatoms. The third kappa shape index (κ3) is 3.54. The molecule has 0 aliphatic carbocycles. The molecule has 1 saturated heterocycles. The number of rotatable bonds is 4. The zero-order valence-electron chi connectivity index (χ0n) is 12.9. The van der Waals surface area contributed by atoms with Gasteiger partial charge in [-0.15, -0.1) is 0 Å². The molecule has 2 aromatic rings. The van der Waals surface area contributed by atoms with Crippen molar-refractivity contribution in [2.45, 2.75) is 32.6 Å². The van der Waals surface area contributed by atoms with Crippen LogP contribution in [0, 0.1) is 13.8 Å². The number of hydrogen-bond donors (Lipinski definition) is 2. The van der Waals surface area contributed by atoms with E-state index >= 15 is 0 Å². The SMILES string of the molecule is Cc1cc(NC(=O)CN2CCC[C@@H](c3cc(C)[nH]n3)C2)on1. The number of aromatic amines is 1. The summed E-state index contributed by atoms with van der Waals surface area (Å²) in [6, 6.07) is 3.80. The molecule has 1 aliphatic rings. The second kappa shape index (κ2) is 6.31. The smallest absolute Gasteiger partial charge is 0.240 e. The van der Waals surface area contributed by atoms with E-state index in [0.717, 1.165) is 43.0 Å². The lowest BCUT2D eigenvalue weighted by molar-refractivity contribution is -0.117. The van der Waals surface area contributed by atoms with Gasteiger partial charge in [-0.3, -0.25) is 20.1 Å². The lowest BCUT2D eigenvalue weighted by Gasteiger charge is -2.31. The molecule has 0 saturated carbocycles. The first kappa shape index (κ1) is 14.8. The highest BCUT2D eigenvalue weighted by Crippen LogP contribution is 2.25. The Bertz CT molecular complexity index is 648. The van der Waals surface area contributed by atoms with Crippen molar-refractivity contribution in [2.24, 2.45) is 0 Å². The van der Waals surface area contributed by atoms with Gasteiger partial charge in [0.25, 0.3) is 0 Å². The van der Waals surface area contributed by atoms with E-state index in [4.69, 9.17) is 4.52 Å². The van der Waals surface area contributed by atoms with Crippen molar-refractivity contribution >= 4 is 11.8 Å². The molecule has 1 atom stereocenters. The molecule has 118 valence electrons. The van der Waals surface area contributed by atoms with Crippen molar-refractivity contribution in [3.63, 3.8) is 0 Å². The number of aromatic nitrogens is 3. The van der Waals surface area contributed by atoms with Crippen LogP contribution < -0.4 is 5.32 Å². The molecule has 0 bridgehead atoms. The van der Waals surface area contributed by atoms with Crippen molar-refractivity contribution in [1.82, 2.24) is 20.3 Å². The van der Waals surface area contributed by atoms with E-state index in [2.05, 4.69) is 31.6 Å². The van der Waals surface area contributed by atoms with E-state index < -0.39 is 0 Å². The van der Waals surface area contributed by atoms with Gasteiger partial charge in [0.15, 0.2) is 0 Å². The highest BCUT2D eigenvalue weighted by atomic mass is 16.5. The Morgan fingerprint density at radius 2 is 2.36 bits per heavy atom. The maximum absolute atomic E-state index is 12.1. The van der Waals surface area contributed by atoms with Gasteiger partial charge in [-0.05, 0) is 39.3 Å². The van der Waals surface area contributed by atoms with Crippen molar-refractivity contribution in [3.8, 4) is 0 Å². The van der Waals surface area contributed by atoms with Crippen molar-refractivity contribution < 1.29 is 9.32 Å². The van der Waals surface area contributed by atoms with E-state index in [9.17, 15) is 4.79 Å². The van der Waals surface area contributed by atoms with Gasteiger partial charge in [0.2, 0.25) is 11.8 Å². The van der Waals surface area contributed by atoms with Gasteiger partial charge in [-0.2, -0.15) is 5.10 Å². The number of hydrogen-bond acceptors (Lipinski definition) is 5. The van der Waals surface area contributed by atoms with E-state index in [1.165, 1.54) is 0 Å². The summed E-state index contributed by atoms with van der Waals surface area (Å²) in [5.41, 5.74) is 2.92. The lowest BCUT2D eigenvalue weighted by atomic mass is 9.94. The number of H-pyrrole nitrogens is 1. The minimum absolute atomic E-state index is 0.0741. The quantitative estimate of drug-likeness (QED) is 0.900. The third-order valence-electron chi connectivity index (χ3n) is 3.91. The molecule has 1 amide bonds. The zero-order valence-corrected chi connectivity index (χ0v) is 12.9. The molecule has 2 N–H and O–H groups in total. The zero-order chi connectivity index (χ0) is 15.5. The molecule has 3 heterocycles. The summed E-state index contributed by atoms with van der Waals surface area (Å²) >= 11 is 0. The van der Waals surface area contributed by atoms with Gasteiger partial charge >= 0.3 is 0 Å². The maximum atomic E-state index is 12.1. The normalized spacial score (nSPS) is 19.3. The van der Waals surface area contributed by atoms with Crippen molar-refractivity contribution in [2.75, 3.05) is 25.0 Å². The minimum atomic E-state index is -0.0741. The van der Waals surface area contributed by atoms with Crippen molar-refractivity contribution in [3.05, 3.63) is 29.2 Å². The van der Waals surface area contributed by atoms with E-state index in [1.54, 1.807) is 6.07 Å². The van der Waals surface area contributed by atoms with Crippen LogP contribution in [0.3, 0.4) is 0 Å². The Hall–Kier alpha value is -2.15. The molecule has 22 heavy (non-hydrogen) atoms. The average Bonchev–Trinajstić information content (AvgIpc) is 3.08. The summed E-state index contributed by atoms with van der Waals surface area (Å²) in [6.45, 7) is 5.97. The Balaban J connectivity index is 1.54. The topological polar surface area (TPSA) is 87.0 Å². The van der Waals surface area contributed by atoms with Gasteiger partial charge < -0.3 is 4.52 Å². The summed E-state index contributed by atoms with van der Waals surface area (Å²) in [5, 5.41) is 13.8. The van der Waals surface area contributed by atoms with Crippen molar-refractivity contribution in [1.29, 1.82) is 0 Å². The third-order valence-corrected chi connectivity index (χ3v) is 3.91. The number of likely N-dealkylation sites (tertiary alicyclic amines) is 1. The molecule has 1 fully saturated rings. The largest absolute Gasteiger partial charge is 0.338 e. The van der Waals surface area contributed by atoms with Crippen LogP contribution in [-0.2, 0) is 4.79 Å². The van der Waals surface area contributed by atoms with E-state index in [1.807, 2.05) is 13.8 Å². The first-order valence-electron chi connectivity index (χ1n) is 7.57. The van der Waals surface area contributed by atoms with Gasteiger partial charge in [0.1, 0.15) is 0 Å². The molecule has 0 unspecified atom stereocenters.